The van der Waals surface area contributed by atoms with Gasteiger partial charge in [0.05, 0.1) is 7.11 Å². The van der Waals surface area contributed by atoms with Crippen LogP contribution < -0.4 is 10.6 Å². The monoisotopic (exact) mass is 362 g/mol. The fourth-order valence-electron chi connectivity index (χ4n) is 1.86. The van der Waals surface area contributed by atoms with Crippen molar-refractivity contribution < 1.29 is 23.9 Å². The number of carbonyl (C=O) groups is 3. The topological polar surface area (TPSA) is 93.7 Å². The molecule has 132 valence electrons. The molecule has 2 N–H and O–H groups in total. The first-order valence-electron chi connectivity index (χ1n) is 7.45. The van der Waals surface area contributed by atoms with Crippen LogP contribution in [0.4, 0.5) is 4.79 Å². The molecule has 0 saturated heterocycles. The Kier molecular flexibility index (Phi) is 6.97. The van der Waals surface area contributed by atoms with Gasteiger partial charge in [0, 0.05) is 17.0 Å². The molecule has 0 unspecified atom stereocenters. The van der Waals surface area contributed by atoms with Gasteiger partial charge in [0.15, 0.2) is 0 Å². The summed E-state index contributed by atoms with van der Waals surface area (Å²) in [6.45, 7) is 0.338. The van der Waals surface area contributed by atoms with Gasteiger partial charge in [0.25, 0.3) is 5.91 Å². The molecule has 1 aromatic carbocycles. The van der Waals surface area contributed by atoms with Crippen molar-refractivity contribution >= 4 is 29.3 Å². The molecule has 1 heterocycles. The Bertz CT molecular complexity index is 713. The molecule has 0 bridgehead atoms. The van der Waals surface area contributed by atoms with Crippen molar-refractivity contribution in [2.45, 2.75) is 13.2 Å². The summed E-state index contributed by atoms with van der Waals surface area (Å²) in [5.74, 6) is -0.893. The zero-order chi connectivity index (χ0) is 18.1. The second kappa shape index (κ2) is 9.43. The van der Waals surface area contributed by atoms with Crippen molar-refractivity contribution in [2.75, 3.05) is 13.7 Å². The number of benzene rings is 1. The summed E-state index contributed by atoms with van der Waals surface area (Å²) >= 11 is 1.52. The van der Waals surface area contributed by atoms with E-state index in [-0.39, 0.29) is 25.6 Å². The molecule has 0 aliphatic carbocycles. The number of rotatable bonds is 7. The summed E-state index contributed by atoms with van der Waals surface area (Å²) < 4.78 is 9.54. The first-order chi connectivity index (χ1) is 12.1. The molecule has 2 aromatic rings. The van der Waals surface area contributed by atoms with E-state index < -0.39 is 12.1 Å². The first-order valence-corrected chi connectivity index (χ1v) is 8.33. The smallest absolute Gasteiger partial charge is 0.407 e. The third-order valence-corrected chi connectivity index (χ3v) is 4.05. The van der Waals surface area contributed by atoms with Crippen LogP contribution in [0.3, 0.4) is 0 Å². The SMILES string of the molecule is COC(=O)CNC(=O)c1ccc(CNC(=O)OCc2cccs2)cc1. The van der Waals surface area contributed by atoms with Crippen molar-refractivity contribution in [3.05, 3.63) is 57.8 Å². The number of hydrogen-bond acceptors (Lipinski definition) is 6. The van der Waals surface area contributed by atoms with Gasteiger partial charge in [-0.15, -0.1) is 11.3 Å². The highest BCUT2D eigenvalue weighted by Crippen LogP contribution is 2.09. The Morgan fingerprint density at radius 1 is 1.08 bits per heavy atom. The molecule has 0 aliphatic heterocycles. The van der Waals surface area contributed by atoms with Crippen LogP contribution in [0.15, 0.2) is 41.8 Å². The number of hydrogen-bond donors (Lipinski definition) is 2. The van der Waals surface area contributed by atoms with Gasteiger partial charge in [-0.2, -0.15) is 0 Å². The van der Waals surface area contributed by atoms with Gasteiger partial charge >= 0.3 is 12.1 Å². The van der Waals surface area contributed by atoms with Gasteiger partial charge < -0.3 is 20.1 Å². The molecular weight excluding hydrogens is 344 g/mol. The molecule has 25 heavy (non-hydrogen) atoms. The van der Waals surface area contributed by atoms with E-state index in [1.807, 2.05) is 17.5 Å². The fraction of sp³-hybridized carbons (Fsp3) is 0.235. The van der Waals surface area contributed by atoms with Crippen LogP contribution >= 0.6 is 11.3 Å². The van der Waals surface area contributed by atoms with Gasteiger partial charge in [0.2, 0.25) is 0 Å². The zero-order valence-corrected chi connectivity index (χ0v) is 14.4. The molecule has 0 atom stereocenters. The highest BCUT2D eigenvalue weighted by molar-refractivity contribution is 7.09. The van der Waals surface area contributed by atoms with Crippen LogP contribution in [0, 0.1) is 0 Å². The van der Waals surface area contributed by atoms with E-state index in [2.05, 4.69) is 15.4 Å². The molecule has 0 aliphatic rings. The van der Waals surface area contributed by atoms with Gasteiger partial charge in [0.1, 0.15) is 13.2 Å². The van der Waals surface area contributed by atoms with Gasteiger partial charge in [-0.1, -0.05) is 18.2 Å². The Balaban J connectivity index is 1.74. The quantitative estimate of drug-likeness (QED) is 0.736. The molecule has 0 spiro atoms. The average Bonchev–Trinajstić information content (AvgIpc) is 3.16. The Hall–Kier alpha value is -2.87. The standard InChI is InChI=1S/C17H18N2O5S/c1-23-15(20)10-18-16(21)13-6-4-12(5-7-13)9-19-17(22)24-11-14-3-2-8-25-14/h2-8H,9-11H2,1H3,(H,18,21)(H,19,22). The second-order valence-corrected chi connectivity index (χ2v) is 6.00. The number of esters is 1. The molecule has 2 rings (SSSR count). The van der Waals surface area contributed by atoms with Crippen LogP contribution in [0.25, 0.3) is 0 Å². The first kappa shape index (κ1) is 18.5. The van der Waals surface area contributed by atoms with E-state index >= 15 is 0 Å². The normalized spacial score (nSPS) is 9.96. The van der Waals surface area contributed by atoms with Crippen LogP contribution in [-0.4, -0.2) is 31.6 Å². The van der Waals surface area contributed by atoms with Crippen LogP contribution in [0.1, 0.15) is 20.8 Å². The summed E-state index contributed by atoms with van der Waals surface area (Å²) in [5, 5.41) is 7.00. The van der Waals surface area contributed by atoms with Crippen LogP contribution in [-0.2, 0) is 27.4 Å². The van der Waals surface area contributed by atoms with E-state index in [0.717, 1.165) is 10.4 Å². The Morgan fingerprint density at radius 3 is 2.48 bits per heavy atom. The number of alkyl carbamates (subject to hydrolysis) is 1. The number of amides is 2. The van der Waals surface area contributed by atoms with E-state index in [1.165, 1.54) is 18.4 Å². The molecule has 1 aromatic heterocycles. The largest absolute Gasteiger partial charge is 0.468 e. The van der Waals surface area contributed by atoms with E-state index in [0.29, 0.717) is 5.56 Å². The third-order valence-electron chi connectivity index (χ3n) is 3.20. The predicted molar refractivity (Wildman–Crippen MR) is 92.1 cm³/mol. The predicted octanol–water partition coefficient (Wildman–Crippen LogP) is 2.08. The van der Waals surface area contributed by atoms with Crippen molar-refractivity contribution in [1.29, 1.82) is 0 Å². The van der Waals surface area contributed by atoms with Crippen molar-refractivity contribution in [2.24, 2.45) is 0 Å². The van der Waals surface area contributed by atoms with Gasteiger partial charge in [-0.05, 0) is 29.1 Å². The van der Waals surface area contributed by atoms with Gasteiger partial charge in [-0.25, -0.2) is 4.79 Å². The number of methoxy groups -OCH3 is 1. The van der Waals surface area contributed by atoms with Crippen molar-refractivity contribution in [3.8, 4) is 0 Å². The maximum absolute atomic E-state index is 11.8. The summed E-state index contributed by atoms with van der Waals surface area (Å²) in [4.78, 5) is 35.4. The van der Waals surface area contributed by atoms with E-state index in [9.17, 15) is 14.4 Å². The maximum atomic E-state index is 11.8. The average molecular weight is 362 g/mol. The molecule has 0 radical (unpaired) electrons. The molecule has 8 heteroatoms. The van der Waals surface area contributed by atoms with Gasteiger partial charge in [-0.3, -0.25) is 9.59 Å². The highest BCUT2D eigenvalue weighted by Gasteiger charge is 2.08. The maximum Gasteiger partial charge on any atom is 0.407 e. The Labute approximate surface area is 148 Å². The molecule has 0 fully saturated rings. The number of nitrogens with one attached hydrogen (secondary N) is 2. The number of ether oxygens (including phenoxy) is 2. The summed E-state index contributed by atoms with van der Waals surface area (Å²) in [5.41, 5.74) is 1.23. The summed E-state index contributed by atoms with van der Waals surface area (Å²) in [7, 11) is 1.25. The molecule has 2 amide bonds. The van der Waals surface area contributed by atoms with Crippen LogP contribution in [0.2, 0.25) is 0 Å². The van der Waals surface area contributed by atoms with Crippen LogP contribution in [0.5, 0.6) is 0 Å². The number of thiophene rings is 1. The minimum atomic E-state index is -0.518. The van der Waals surface area contributed by atoms with Crippen molar-refractivity contribution in [3.63, 3.8) is 0 Å². The lowest BCUT2D eigenvalue weighted by Gasteiger charge is -2.07. The lowest BCUT2D eigenvalue weighted by Crippen LogP contribution is -2.30. The molecular formula is C17H18N2O5S. The molecule has 0 saturated carbocycles. The second-order valence-electron chi connectivity index (χ2n) is 4.96. The Morgan fingerprint density at radius 2 is 1.84 bits per heavy atom. The van der Waals surface area contributed by atoms with Crippen molar-refractivity contribution in [1.82, 2.24) is 10.6 Å². The third kappa shape index (κ3) is 6.27. The van der Waals surface area contributed by atoms with E-state index in [1.54, 1.807) is 24.3 Å². The lowest BCUT2D eigenvalue weighted by atomic mass is 10.1. The molecule has 7 nitrogen and oxygen atoms in total. The van der Waals surface area contributed by atoms with E-state index in [4.69, 9.17) is 4.74 Å². The minimum absolute atomic E-state index is 0.186. The number of carbonyl (C=O) groups excluding carboxylic acids is 3. The fourth-order valence-corrected chi connectivity index (χ4v) is 2.47. The zero-order valence-electron chi connectivity index (χ0n) is 13.6. The summed E-state index contributed by atoms with van der Waals surface area (Å²) in [6.07, 6.45) is -0.506. The summed E-state index contributed by atoms with van der Waals surface area (Å²) in [6, 6.07) is 10.4. The minimum Gasteiger partial charge on any atom is -0.468 e. The highest BCUT2D eigenvalue weighted by atomic mass is 32.1. The lowest BCUT2D eigenvalue weighted by molar-refractivity contribution is -0.139.